The average molecular weight is 351 g/mol. The summed E-state index contributed by atoms with van der Waals surface area (Å²) in [7, 11) is 0. The lowest BCUT2D eigenvalue weighted by molar-refractivity contribution is -0.141. The first kappa shape index (κ1) is 22.0. The molecule has 25 heavy (non-hydrogen) atoms. The summed E-state index contributed by atoms with van der Waals surface area (Å²) in [5.74, 6) is 0.551. The van der Waals surface area contributed by atoms with Crippen LogP contribution in [0.3, 0.4) is 0 Å². The number of aliphatic hydroxyl groups is 1. The van der Waals surface area contributed by atoms with Crippen LogP contribution in [-0.2, 0) is 9.53 Å². The summed E-state index contributed by atoms with van der Waals surface area (Å²) < 4.78 is 5.13. The fourth-order valence-electron chi connectivity index (χ4n) is 3.14. The van der Waals surface area contributed by atoms with E-state index < -0.39 is 6.10 Å². The highest BCUT2D eigenvalue weighted by atomic mass is 16.6. The molecule has 0 radical (unpaired) electrons. The molecule has 0 bridgehead atoms. The van der Waals surface area contributed by atoms with Crippen molar-refractivity contribution in [1.82, 2.24) is 0 Å². The van der Waals surface area contributed by atoms with Gasteiger partial charge in [0.25, 0.3) is 0 Å². The molecule has 0 fully saturated rings. The summed E-state index contributed by atoms with van der Waals surface area (Å²) in [6, 6.07) is 0. The van der Waals surface area contributed by atoms with Crippen molar-refractivity contribution >= 4 is 5.97 Å². The van der Waals surface area contributed by atoms with Crippen LogP contribution >= 0.6 is 0 Å². The Labute approximate surface area is 154 Å². The van der Waals surface area contributed by atoms with E-state index in [2.05, 4.69) is 26.0 Å². The predicted octanol–water partition coefficient (Wildman–Crippen LogP) is 6.22. The summed E-state index contributed by atoms with van der Waals surface area (Å²) in [5, 5.41) is 10.1. The number of unbranched alkanes of at least 4 members (excludes halogenated alkanes) is 8. The van der Waals surface area contributed by atoms with Gasteiger partial charge in [0.2, 0.25) is 0 Å². The number of aliphatic hydroxyl groups excluding tert-OH is 1. The van der Waals surface area contributed by atoms with Gasteiger partial charge < -0.3 is 9.84 Å². The minimum absolute atomic E-state index is 0.179. The van der Waals surface area contributed by atoms with E-state index in [0.717, 1.165) is 49.9 Å². The zero-order valence-corrected chi connectivity index (χ0v) is 16.4. The van der Waals surface area contributed by atoms with E-state index in [1.807, 2.05) is 0 Å². The third kappa shape index (κ3) is 9.84. The molecule has 1 unspecified atom stereocenters. The van der Waals surface area contributed by atoms with Gasteiger partial charge in [0.15, 0.2) is 0 Å². The van der Waals surface area contributed by atoms with Crippen molar-refractivity contribution in [2.45, 2.75) is 110 Å². The quantitative estimate of drug-likeness (QED) is 0.204. The molecule has 3 nitrogen and oxygen atoms in total. The predicted molar refractivity (Wildman–Crippen MR) is 104 cm³/mol. The van der Waals surface area contributed by atoms with Crippen molar-refractivity contribution in [3.8, 4) is 0 Å². The van der Waals surface area contributed by atoms with Gasteiger partial charge in [0.1, 0.15) is 5.76 Å². The van der Waals surface area contributed by atoms with E-state index in [1.165, 1.54) is 44.9 Å². The lowest BCUT2D eigenvalue weighted by Gasteiger charge is -2.24. The summed E-state index contributed by atoms with van der Waals surface area (Å²) >= 11 is 0. The van der Waals surface area contributed by atoms with Crippen molar-refractivity contribution in [2.24, 2.45) is 0 Å². The molecule has 0 saturated carbocycles. The summed E-state index contributed by atoms with van der Waals surface area (Å²) in [6.45, 7) is 4.42. The molecular formula is C22H38O3. The fraction of sp³-hybridized carbons (Fsp3) is 0.773. The van der Waals surface area contributed by atoms with Gasteiger partial charge in [0.05, 0.1) is 11.7 Å². The van der Waals surface area contributed by atoms with E-state index >= 15 is 0 Å². The number of ether oxygens (including phenoxy) is 1. The Hall–Kier alpha value is -1.09. The Morgan fingerprint density at radius 2 is 1.56 bits per heavy atom. The van der Waals surface area contributed by atoms with Crippen LogP contribution < -0.4 is 0 Å². The highest BCUT2D eigenvalue weighted by Crippen LogP contribution is 2.30. The number of allylic oxidation sites excluding steroid dienone is 2. The Morgan fingerprint density at radius 3 is 2.24 bits per heavy atom. The molecular weight excluding hydrogens is 312 g/mol. The van der Waals surface area contributed by atoms with Crippen LogP contribution in [0.4, 0.5) is 0 Å². The second-order valence-electron chi connectivity index (χ2n) is 7.21. The number of carbonyl (C=O) groups excluding carboxylic acids is 1. The molecule has 0 aromatic carbocycles. The molecule has 144 valence electrons. The van der Waals surface area contributed by atoms with Crippen LogP contribution in [0.2, 0.25) is 0 Å². The van der Waals surface area contributed by atoms with Crippen LogP contribution in [0, 0.1) is 0 Å². The van der Waals surface area contributed by atoms with Gasteiger partial charge >= 0.3 is 5.97 Å². The number of rotatable bonds is 16. The maximum Gasteiger partial charge on any atom is 0.342 e. The monoisotopic (exact) mass is 350 g/mol. The molecule has 0 aromatic rings. The normalized spacial score (nSPS) is 15.6. The molecule has 0 aliphatic carbocycles. The molecule has 0 amide bonds. The molecule has 1 heterocycles. The highest BCUT2D eigenvalue weighted by Gasteiger charge is 2.30. The van der Waals surface area contributed by atoms with Crippen molar-refractivity contribution in [2.75, 3.05) is 0 Å². The highest BCUT2D eigenvalue weighted by molar-refractivity contribution is 5.95. The van der Waals surface area contributed by atoms with E-state index in [1.54, 1.807) is 0 Å². The van der Waals surface area contributed by atoms with Gasteiger partial charge in [-0.2, -0.15) is 0 Å². The summed E-state index contributed by atoms with van der Waals surface area (Å²) in [4.78, 5) is 11.5. The second-order valence-corrected chi connectivity index (χ2v) is 7.21. The lowest BCUT2D eigenvalue weighted by atomic mass is 9.98. The number of carbonyl (C=O) groups is 1. The van der Waals surface area contributed by atoms with Gasteiger partial charge in [-0.15, -0.1) is 0 Å². The minimum Gasteiger partial charge on any atom is -0.427 e. The number of esters is 1. The Kier molecular flexibility index (Phi) is 12.4. The van der Waals surface area contributed by atoms with Gasteiger partial charge in [-0.3, -0.25) is 0 Å². The molecule has 1 atom stereocenters. The summed E-state index contributed by atoms with van der Waals surface area (Å²) in [5.41, 5.74) is 0.817. The van der Waals surface area contributed by atoms with Crippen LogP contribution in [0.15, 0.2) is 23.5 Å². The van der Waals surface area contributed by atoms with Crippen LogP contribution in [0.25, 0.3) is 0 Å². The Balaban J connectivity index is 2.13. The van der Waals surface area contributed by atoms with Crippen LogP contribution in [0.5, 0.6) is 0 Å². The van der Waals surface area contributed by atoms with Crippen molar-refractivity contribution in [3.05, 3.63) is 23.5 Å². The maximum absolute atomic E-state index is 11.5. The van der Waals surface area contributed by atoms with E-state index in [4.69, 9.17) is 4.74 Å². The summed E-state index contributed by atoms with van der Waals surface area (Å²) in [6.07, 6.45) is 19.2. The van der Waals surface area contributed by atoms with Gasteiger partial charge in [-0.1, -0.05) is 70.9 Å². The zero-order valence-electron chi connectivity index (χ0n) is 16.4. The van der Waals surface area contributed by atoms with E-state index in [0.29, 0.717) is 6.42 Å². The molecule has 1 aliphatic heterocycles. The number of hydrogen-bond acceptors (Lipinski definition) is 3. The second kappa shape index (κ2) is 14.1. The minimum atomic E-state index is -0.414. The molecule has 0 aromatic heterocycles. The zero-order chi connectivity index (χ0) is 18.3. The van der Waals surface area contributed by atoms with Crippen LogP contribution in [-0.4, -0.2) is 17.2 Å². The smallest absolute Gasteiger partial charge is 0.342 e. The first-order valence-corrected chi connectivity index (χ1v) is 10.5. The standard InChI is InChI=1S/C22H38O3/c1-3-5-7-9-10-11-12-13-14-16-19(23)18-21-20(22(24)25-21)17-15-8-6-4-2/h12-13,19,23H,3-11,14-18H2,1-2H3. The topological polar surface area (TPSA) is 46.5 Å². The van der Waals surface area contributed by atoms with Gasteiger partial charge in [0, 0.05) is 6.42 Å². The third-order valence-corrected chi connectivity index (χ3v) is 4.81. The number of hydrogen-bond donors (Lipinski definition) is 1. The first-order chi connectivity index (χ1) is 12.2. The van der Waals surface area contributed by atoms with E-state index in [-0.39, 0.29) is 5.97 Å². The van der Waals surface area contributed by atoms with E-state index in [9.17, 15) is 9.90 Å². The Morgan fingerprint density at radius 1 is 0.920 bits per heavy atom. The molecule has 3 heteroatoms. The molecule has 1 N–H and O–H groups in total. The Bertz CT molecular complexity index is 423. The first-order valence-electron chi connectivity index (χ1n) is 10.5. The third-order valence-electron chi connectivity index (χ3n) is 4.81. The van der Waals surface area contributed by atoms with Gasteiger partial charge in [-0.25, -0.2) is 4.79 Å². The van der Waals surface area contributed by atoms with Crippen molar-refractivity contribution in [1.29, 1.82) is 0 Å². The maximum atomic E-state index is 11.5. The average Bonchev–Trinajstić information content (AvgIpc) is 2.59. The molecule has 1 rings (SSSR count). The lowest BCUT2D eigenvalue weighted by Crippen LogP contribution is -2.25. The van der Waals surface area contributed by atoms with Crippen molar-refractivity contribution < 1.29 is 14.6 Å². The van der Waals surface area contributed by atoms with Gasteiger partial charge in [-0.05, 0) is 38.5 Å². The van der Waals surface area contributed by atoms with Crippen LogP contribution in [0.1, 0.15) is 104 Å². The molecule has 1 aliphatic rings. The van der Waals surface area contributed by atoms with Crippen molar-refractivity contribution in [3.63, 3.8) is 0 Å². The largest absolute Gasteiger partial charge is 0.427 e. The molecule has 0 spiro atoms. The molecule has 0 saturated heterocycles. The SMILES string of the molecule is CCCCCCCC=CCCC(O)CC1=C(CCCCCC)C(=O)O1. The number of cyclic esters (lactones) is 1. The fourth-order valence-corrected chi connectivity index (χ4v) is 3.14.